The van der Waals surface area contributed by atoms with E-state index in [0.29, 0.717) is 12.3 Å². The maximum absolute atomic E-state index is 9.45. The van der Waals surface area contributed by atoms with Gasteiger partial charge in [0.15, 0.2) is 0 Å². The van der Waals surface area contributed by atoms with Crippen LogP contribution >= 0.6 is 0 Å². The van der Waals surface area contributed by atoms with Crippen LogP contribution in [-0.2, 0) is 0 Å². The molecule has 0 spiro atoms. The lowest BCUT2D eigenvalue weighted by Gasteiger charge is -2.14. The van der Waals surface area contributed by atoms with Gasteiger partial charge in [0.25, 0.3) is 0 Å². The molecule has 0 aromatic heterocycles. The molecule has 0 aliphatic carbocycles. The van der Waals surface area contributed by atoms with Crippen LogP contribution in [0.2, 0.25) is 0 Å². The Balaban J connectivity index is 2.92. The van der Waals surface area contributed by atoms with Gasteiger partial charge >= 0.3 is 0 Å². The van der Waals surface area contributed by atoms with Gasteiger partial charge in [-0.1, -0.05) is 18.2 Å². The molecule has 3 heteroatoms. The summed E-state index contributed by atoms with van der Waals surface area (Å²) in [5.41, 5.74) is 6.36. The van der Waals surface area contributed by atoms with E-state index < -0.39 is 0 Å². The van der Waals surface area contributed by atoms with Gasteiger partial charge < -0.3 is 16.2 Å². The third-order valence-corrected chi connectivity index (χ3v) is 1.90. The molecule has 0 amide bonds. The maximum atomic E-state index is 9.45. The van der Waals surface area contributed by atoms with Crippen molar-refractivity contribution in [3.8, 4) is 5.75 Å². The highest BCUT2D eigenvalue weighted by atomic mass is 16.3. The SMILES string of the molecule is CNC(CN)c1ccccc1O. The van der Waals surface area contributed by atoms with Crippen LogP contribution in [0.15, 0.2) is 24.3 Å². The zero-order chi connectivity index (χ0) is 8.97. The Bertz CT molecular complexity index is 246. The summed E-state index contributed by atoms with van der Waals surface area (Å²) in [5, 5.41) is 12.5. The highest BCUT2D eigenvalue weighted by molar-refractivity contribution is 5.34. The highest BCUT2D eigenvalue weighted by Crippen LogP contribution is 2.21. The molecule has 3 nitrogen and oxygen atoms in total. The van der Waals surface area contributed by atoms with Gasteiger partial charge in [-0.05, 0) is 13.1 Å². The second kappa shape index (κ2) is 4.09. The molecule has 0 heterocycles. The second-order valence-corrected chi connectivity index (χ2v) is 2.64. The van der Waals surface area contributed by atoms with Gasteiger partial charge in [0.05, 0.1) is 0 Å². The quantitative estimate of drug-likeness (QED) is 0.616. The van der Waals surface area contributed by atoms with Crippen LogP contribution in [0.25, 0.3) is 0 Å². The molecule has 0 radical (unpaired) electrons. The smallest absolute Gasteiger partial charge is 0.120 e. The summed E-state index contributed by atoms with van der Waals surface area (Å²) in [6.07, 6.45) is 0. The summed E-state index contributed by atoms with van der Waals surface area (Å²) >= 11 is 0. The van der Waals surface area contributed by atoms with Gasteiger partial charge in [0.2, 0.25) is 0 Å². The summed E-state index contributed by atoms with van der Waals surface area (Å²) in [5.74, 6) is 0.294. The molecule has 0 saturated heterocycles. The van der Waals surface area contributed by atoms with Crippen molar-refractivity contribution in [2.75, 3.05) is 13.6 Å². The normalized spacial score (nSPS) is 12.8. The van der Waals surface area contributed by atoms with Crippen LogP contribution < -0.4 is 11.1 Å². The minimum atomic E-state index is 0.0335. The molecule has 66 valence electrons. The zero-order valence-corrected chi connectivity index (χ0v) is 7.12. The molecule has 12 heavy (non-hydrogen) atoms. The molecule has 0 fully saturated rings. The van der Waals surface area contributed by atoms with E-state index in [1.807, 2.05) is 19.2 Å². The van der Waals surface area contributed by atoms with Gasteiger partial charge in [-0.2, -0.15) is 0 Å². The molecule has 1 atom stereocenters. The van der Waals surface area contributed by atoms with Crippen molar-refractivity contribution >= 4 is 0 Å². The van der Waals surface area contributed by atoms with E-state index in [9.17, 15) is 5.11 Å². The average molecular weight is 166 g/mol. The Kier molecular flexibility index (Phi) is 3.08. The molecular weight excluding hydrogens is 152 g/mol. The Hall–Kier alpha value is -1.06. The minimum absolute atomic E-state index is 0.0335. The number of likely N-dealkylation sites (N-methyl/N-ethyl adjacent to an activating group) is 1. The number of nitrogens with two attached hydrogens (primary N) is 1. The van der Waals surface area contributed by atoms with E-state index in [1.165, 1.54) is 0 Å². The molecule has 0 aliphatic heterocycles. The maximum Gasteiger partial charge on any atom is 0.120 e. The molecule has 4 N–H and O–H groups in total. The van der Waals surface area contributed by atoms with Crippen molar-refractivity contribution in [3.63, 3.8) is 0 Å². The monoisotopic (exact) mass is 166 g/mol. The van der Waals surface area contributed by atoms with Crippen molar-refractivity contribution in [1.29, 1.82) is 0 Å². The number of phenols is 1. The van der Waals surface area contributed by atoms with Gasteiger partial charge in [-0.15, -0.1) is 0 Å². The third-order valence-electron chi connectivity index (χ3n) is 1.90. The van der Waals surface area contributed by atoms with E-state index in [1.54, 1.807) is 12.1 Å². The van der Waals surface area contributed by atoms with Gasteiger partial charge in [0, 0.05) is 18.2 Å². The predicted octanol–water partition coefficient (Wildman–Crippen LogP) is 0.611. The Morgan fingerprint density at radius 3 is 2.67 bits per heavy atom. The van der Waals surface area contributed by atoms with E-state index in [-0.39, 0.29) is 6.04 Å². The van der Waals surface area contributed by atoms with Crippen molar-refractivity contribution in [2.45, 2.75) is 6.04 Å². The lowest BCUT2D eigenvalue weighted by atomic mass is 10.1. The Labute approximate surface area is 72.2 Å². The number of para-hydroxylation sites is 1. The van der Waals surface area contributed by atoms with Gasteiger partial charge in [0.1, 0.15) is 5.75 Å². The van der Waals surface area contributed by atoms with Crippen molar-refractivity contribution < 1.29 is 5.11 Å². The number of rotatable bonds is 3. The lowest BCUT2D eigenvalue weighted by Crippen LogP contribution is -2.24. The van der Waals surface area contributed by atoms with Crippen LogP contribution in [0, 0.1) is 0 Å². The van der Waals surface area contributed by atoms with Crippen molar-refractivity contribution in [1.82, 2.24) is 5.32 Å². The summed E-state index contributed by atoms with van der Waals surface area (Å²) < 4.78 is 0. The molecular formula is C9H14N2O. The van der Waals surface area contributed by atoms with Crippen molar-refractivity contribution in [3.05, 3.63) is 29.8 Å². The molecule has 0 aliphatic rings. The van der Waals surface area contributed by atoms with Crippen LogP contribution in [0.4, 0.5) is 0 Å². The van der Waals surface area contributed by atoms with Crippen LogP contribution in [0.1, 0.15) is 11.6 Å². The fourth-order valence-electron chi connectivity index (χ4n) is 1.18. The molecule has 1 aromatic carbocycles. The summed E-state index contributed by atoms with van der Waals surface area (Å²) in [4.78, 5) is 0. The largest absolute Gasteiger partial charge is 0.508 e. The highest BCUT2D eigenvalue weighted by Gasteiger charge is 2.09. The first-order chi connectivity index (χ1) is 5.79. The van der Waals surface area contributed by atoms with Gasteiger partial charge in [-0.3, -0.25) is 0 Å². The van der Waals surface area contributed by atoms with Crippen LogP contribution in [0.3, 0.4) is 0 Å². The predicted molar refractivity (Wildman–Crippen MR) is 49.0 cm³/mol. The topological polar surface area (TPSA) is 58.3 Å². The number of nitrogens with one attached hydrogen (secondary N) is 1. The molecule has 1 unspecified atom stereocenters. The third kappa shape index (κ3) is 1.75. The first kappa shape index (κ1) is 9.03. The Morgan fingerprint density at radius 1 is 1.50 bits per heavy atom. The van der Waals surface area contributed by atoms with Crippen LogP contribution in [-0.4, -0.2) is 18.7 Å². The first-order valence-electron chi connectivity index (χ1n) is 3.94. The first-order valence-corrected chi connectivity index (χ1v) is 3.94. The number of benzene rings is 1. The van der Waals surface area contributed by atoms with Crippen molar-refractivity contribution in [2.24, 2.45) is 5.73 Å². The zero-order valence-electron chi connectivity index (χ0n) is 7.12. The Morgan fingerprint density at radius 2 is 2.17 bits per heavy atom. The lowest BCUT2D eigenvalue weighted by molar-refractivity contribution is 0.454. The molecule has 0 saturated carbocycles. The summed E-state index contributed by atoms with van der Waals surface area (Å²) in [6, 6.07) is 7.24. The molecule has 0 bridgehead atoms. The minimum Gasteiger partial charge on any atom is -0.508 e. The molecule has 1 aromatic rings. The fraction of sp³-hybridized carbons (Fsp3) is 0.333. The second-order valence-electron chi connectivity index (χ2n) is 2.64. The van der Waals surface area contributed by atoms with Crippen LogP contribution in [0.5, 0.6) is 5.75 Å². The number of hydrogen-bond donors (Lipinski definition) is 3. The number of hydrogen-bond acceptors (Lipinski definition) is 3. The van der Waals surface area contributed by atoms with E-state index >= 15 is 0 Å². The summed E-state index contributed by atoms with van der Waals surface area (Å²) in [6.45, 7) is 0.480. The molecule has 1 rings (SSSR count). The standard InChI is InChI=1S/C9H14N2O/c1-11-8(6-10)7-4-2-3-5-9(7)12/h2-5,8,11-12H,6,10H2,1H3. The summed E-state index contributed by atoms with van der Waals surface area (Å²) in [7, 11) is 1.82. The number of phenolic OH excluding ortho intramolecular Hbond substituents is 1. The van der Waals surface area contributed by atoms with E-state index in [2.05, 4.69) is 5.32 Å². The van der Waals surface area contributed by atoms with Gasteiger partial charge in [-0.25, -0.2) is 0 Å². The number of aromatic hydroxyl groups is 1. The van der Waals surface area contributed by atoms with E-state index in [0.717, 1.165) is 5.56 Å². The average Bonchev–Trinajstić information content (AvgIpc) is 2.10. The fourth-order valence-corrected chi connectivity index (χ4v) is 1.18. The van der Waals surface area contributed by atoms with E-state index in [4.69, 9.17) is 5.73 Å².